The molecule has 122 valence electrons. The normalized spacial score (nSPS) is 46.4. The van der Waals surface area contributed by atoms with E-state index in [1.807, 2.05) is 6.07 Å². The van der Waals surface area contributed by atoms with Crippen LogP contribution < -0.4 is 0 Å². The Bertz CT molecular complexity index is 616. The van der Waals surface area contributed by atoms with E-state index in [-0.39, 0.29) is 11.0 Å². The van der Waals surface area contributed by atoms with Crippen LogP contribution in [0.4, 0.5) is 0 Å². The zero-order valence-electron chi connectivity index (χ0n) is 13.3. The van der Waals surface area contributed by atoms with Gasteiger partial charge in [0, 0.05) is 6.21 Å². The van der Waals surface area contributed by atoms with Crippen LogP contribution in [0.1, 0.15) is 50.5 Å². The van der Waals surface area contributed by atoms with Crippen molar-refractivity contribution in [2.75, 3.05) is 0 Å². The Morgan fingerprint density at radius 3 is 1.91 bits per heavy atom. The van der Waals surface area contributed by atoms with E-state index in [0.717, 1.165) is 24.2 Å². The minimum absolute atomic E-state index is 0.197. The van der Waals surface area contributed by atoms with Gasteiger partial charge in [-0.05, 0) is 68.3 Å². The largest absolute Gasteiger partial charge is 0.290 e. The second-order valence-corrected chi connectivity index (χ2v) is 10.1. The van der Waals surface area contributed by atoms with E-state index in [1.165, 1.54) is 44.1 Å². The van der Waals surface area contributed by atoms with E-state index in [2.05, 4.69) is 30.5 Å². The smallest absolute Gasteiger partial charge is 0.134 e. The highest BCUT2D eigenvalue weighted by molar-refractivity contribution is 6.53. The second-order valence-electron chi connectivity index (χ2n) is 8.62. The Morgan fingerprint density at radius 1 is 0.913 bits per heavy atom. The van der Waals surface area contributed by atoms with E-state index in [0.29, 0.717) is 0 Å². The summed E-state index contributed by atoms with van der Waals surface area (Å²) < 4.78 is -0.694. The summed E-state index contributed by atoms with van der Waals surface area (Å²) in [5.41, 5.74) is 1.13. The van der Waals surface area contributed by atoms with E-state index < -0.39 is 4.33 Å². The maximum absolute atomic E-state index is 6.56. The summed E-state index contributed by atoms with van der Waals surface area (Å²) in [7, 11) is 0. The molecule has 3 heteroatoms. The van der Waals surface area contributed by atoms with Crippen LogP contribution in [0.15, 0.2) is 35.3 Å². The summed E-state index contributed by atoms with van der Waals surface area (Å²) in [5, 5.41) is 0. The number of nitrogens with zero attached hydrogens (tertiary/aromatic N) is 1. The molecular formula is C20H23Cl2N. The fourth-order valence-electron chi connectivity index (χ4n) is 6.04. The number of hydrogen-bond acceptors (Lipinski definition) is 1. The van der Waals surface area contributed by atoms with Crippen LogP contribution in [-0.2, 0) is 5.41 Å². The molecular weight excluding hydrogens is 325 g/mol. The van der Waals surface area contributed by atoms with Gasteiger partial charge in [-0.3, -0.25) is 4.99 Å². The Hall–Kier alpha value is -0.530. The number of rotatable bonds is 3. The predicted octanol–water partition coefficient (Wildman–Crippen LogP) is 5.54. The fraction of sp³-hybridized carbons (Fsp3) is 0.650. The number of alkyl halides is 2. The van der Waals surface area contributed by atoms with Crippen LogP contribution in [-0.4, -0.2) is 16.1 Å². The Morgan fingerprint density at radius 2 is 1.43 bits per heavy atom. The van der Waals surface area contributed by atoms with Crippen molar-refractivity contribution >= 4 is 29.4 Å². The van der Waals surface area contributed by atoms with Crippen molar-refractivity contribution in [3.63, 3.8) is 0 Å². The molecule has 23 heavy (non-hydrogen) atoms. The summed E-state index contributed by atoms with van der Waals surface area (Å²) in [6.45, 7) is 0. The molecule has 1 unspecified atom stereocenters. The molecule has 0 aliphatic heterocycles. The van der Waals surface area contributed by atoms with Crippen LogP contribution in [0.3, 0.4) is 0 Å². The first-order chi connectivity index (χ1) is 11.0. The molecule has 5 aliphatic carbocycles. The molecule has 0 amide bonds. The molecule has 4 bridgehead atoms. The van der Waals surface area contributed by atoms with E-state index in [9.17, 15) is 0 Å². The third-order valence-corrected chi connectivity index (χ3v) is 7.82. The lowest BCUT2D eigenvalue weighted by atomic mass is 9.53. The van der Waals surface area contributed by atoms with Crippen LogP contribution in [0.25, 0.3) is 0 Å². The van der Waals surface area contributed by atoms with Gasteiger partial charge in [-0.15, -0.1) is 23.2 Å². The molecule has 5 aliphatic rings. The zero-order chi connectivity index (χ0) is 15.7. The first-order valence-electron chi connectivity index (χ1n) is 9.00. The maximum atomic E-state index is 6.56. The lowest BCUT2D eigenvalue weighted by Gasteiger charge is -2.55. The molecule has 0 saturated heterocycles. The first kappa shape index (κ1) is 14.8. The molecule has 5 saturated carbocycles. The minimum atomic E-state index is -0.694. The highest BCUT2D eigenvalue weighted by atomic mass is 35.5. The maximum Gasteiger partial charge on any atom is 0.134 e. The van der Waals surface area contributed by atoms with Crippen LogP contribution >= 0.6 is 23.2 Å². The van der Waals surface area contributed by atoms with Gasteiger partial charge in [0.2, 0.25) is 0 Å². The molecule has 5 fully saturated rings. The summed E-state index contributed by atoms with van der Waals surface area (Å²) in [6.07, 6.45) is 11.2. The first-order valence-corrected chi connectivity index (χ1v) is 9.76. The zero-order valence-corrected chi connectivity index (χ0v) is 14.9. The molecule has 0 radical (unpaired) electrons. The molecule has 1 nitrogen and oxygen atoms in total. The standard InChI is InChI=1S/C20H23Cl2N/c21-20(22)12-19(20,17-4-2-1-3-5-17)13-23-18-9-14-6-15(10-18)8-16(7-14)11-18/h1-5,13-16H,6-12H2. The van der Waals surface area contributed by atoms with Crippen molar-refractivity contribution in [3.05, 3.63) is 35.9 Å². The van der Waals surface area contributed by atoms with Crippen molar-refractivity contribution in [2.24, 2.45) is 22.7 Å². The monoisotopic (exact) mass is 347 g/mol. The molecule has 1 atom stereocenters. The van der Waals surface area contributed by atoms with Crippen molar-refractivity contribution in [3.8, 4) is 0 Å². The van der Waals surface area contributed by atoms with E-state index >= 15 is 0 Å². The third-order valence-electron chi connectivity index (χ3n) is 6.88. The van der Waals surface area contributed by atoms with Crippen molar-refractivity contribution in [2.45, 2.75) is 60.2 Å². The molecule has 6 rings (SSSR count). The fourth-order valence-corrected chi connectivity index (χ4v) is 6.78. The third kappa shape index (κ3) is 2.23. The van der Waals surface area contributed by atoms with Gasteiger partial charge < -0.3 is 0 Å². The summed E-state index contributed by atoms with van der Waals surface area (Å²) >= 11 is 13.1. The van der Waals surface area contributed by atoms with E-state index in [4.69, 9.17) is 28.2 Å². The second kappa shape index (κ2) is 4.76. The van der Waals surface area contributed by atoms with Gasteiger partial charge in [0.25, 0.3) is 0 Å². The molecule has 0 aromatic heterocycles. The number of benzene rings is 1. The summed E-state index contributed by atoms with van der Waals surface area (Å²) in [6, 6.07) is 10.5. The van der Waals surface area contributed by atoms with Crippen molar-refractivity contribution < 1.29 is 0 Å². The van der Waals surface area contributed by atoms with Crippen LogP contribution in [0.5, 0.6) is 0 Å². The van der Waals surface area contributed by atoms with Gasteiger partial charge in [-0.2, -0.15) is 0 Å². The molecule has 1 aromatic rings. The topological polar surface area (TPSA) is 12.4 Å². The van der Waals surface area contributed by atoms with Crippen LogP contribution in [0, 0.1) is 17.8 Å². The minimum Gasteiger partial charge on any atom is -0.290 e. The lowest BCUT2D eigenvalue weighted by Crippen LogP contribution is -2.49. The quantitative estimate of drug-likeness (QED) is 0.502. The number of halogens is 2. The van der Waals surface area contributed by atoms with Gasteiger partial charge >= 0.3 is 0 Å². The molecule has 1 aromatic carbocycles. The Kier molecular flexibility index (Phi) is 3.06. The summed E-state index contributed by atoms with van der Waals surface area (Å²) in [4.78, 5) is 5.23. The van der Waals surface area contributed by atoms with Crippen molar-refractivity contribution in [1.82, 2.24) is 0 Å². The Labute approximate surface area is 148 Å². The van der Waals surface area contributed by atoms with Gasteiger partial charge in [-0.1, -0.05) is 30.3 Å². The highest BCUT2D eigenvalue weighted by Gasteiger charge is 2.67. The lowest BCUT2D eigenvalue weighted by molar-refractivity contribution is 0.00177. The van der Waals surface area contributed by atoms with Crippen molar-refractivity contribution in [1.29, 1.82) is 0 Å². The predicted molar refractivity (Wildman–Crippen MR) is 96.6 cm³/mol. The van der Waals surface area contributed by atoms with Crippen LogP contribution in [0.2, 0.25) is 0 Å². The van der Waals surface area contributed by atoms with E-state index in [1.54, 1.807) is 0 Å². The average molecular weight is 348 g/mol. The van der Waals surface area contributed by atoms with Gasteiger partial charge in [-0.25, -0.2) is 0 Å². The van der Waals surface area contributed by atoms with Gasteiger partial charge in [0.05, 0.1) is 11.0 Å². The van der Waals surface area contributed by atoms with Gasteiger partial charge in [0.1, 0.15) is 4.33 Å². The van der Waals surface area contributed by atoms with Gasteiger partial charge in [0.15, 0.2) is 0 Å². The SMILES string of the molecule is ClC1(Cl)CC1(C=NC12CC3CC(CC(C3)C1)C2)c1ccccc1. The molecule has 0 heterocycles. The molecule has 0 N–H and O–H groups in total. The highest BCUT2D eigenvalue weighted by Crippen LogP contribution is 2.64. The average Bonchev–Trinajstić information content (AvgIpc) is 3.08. The molecule has 0 spiro atoms. The number of hydrogen-bond donors (Lipinski definition) is 0. The Balaban J connectivity index is 1.47. The number of aliphatic imine (C=N–C) groups is 1. The summed E-state index contributed by atoms with van der Waals surface area (Å²) in [5.74, 6) is 2.76.